The van der Waals surface area contributed by atoms with Gasteiger partial charge in [0.05, 0.1) is 40.9 Å². The van der Waals surface area contributed by atoms with Gasteiger partial charge in [0.1, 0.15) is 59.4 Å². The van der Waals surface area contributed by atoms with Crippen molar-refractivity contribution in [3.05, 3.63) is 190 Å². The number of benzene rings is 5. The van der Waals surface area contributed by atoms with Crippen LogP contribution in [0.1, 0.15) is 23.6 Å². The first-order valence-electron chi connectivity index (χ1n) is 24.3. The Balaban J connectivity index is 0.000000209. The van der Waals surface area contributed by atoms with Crippen LogP contribution >= 0.6 is 7.26 Å². The molecule has 5 aromatic carbocycles. The topological polar surface area (TPSA) is 124 Å². The minimum Gasteiger partial charge on any atom is -1.00 e. The van der Waals surface area contributed by atoms with Crippen LogP contribution in [-0.2, 0) is 32.4 Å². The maximum absolute atomic E-state index is 13.9. The number of aldehydes is 1. The number of nitrogens with zero attached hydrogens (tertiary/aromatic N) is 2. The van der Waals surface area contributed by atoms with Crippen molar-refractivity contribution in [3.63, 3.8) is 0 Å². The third-order valence-corrected chi connectivity index (χ3v) is 19.9. The normalized spacial score (nSPS) is 11.7. The van der Waals surface area contributed by atoms with Gasteiger partial charge in [-0.2, -0.15) is 0 Å². The molecule has 0 unspecified atom stereocenters. The Bertz CT molecular complexity index is 3390. The van der Waals surface area contributed by atoms with E-state index in [4.69, 9.17) is 27.8 Å². The summed E-state index contributed by atoms with van der Waals surface area (Å²) in [6.07, 6.45) is 4.64. The zero-order chi connectivity index (χ0) is 53.0. The summed E-state index contributed by atoms with van der Waals surface area (Å²) >= 11 is 0. The standard InChI is InChI=1S/C20H24FNO4Si.C20H20OP.C18H20FNO4Si.CH4.ClH/c1-24-8-7-15-12-17-19(22(15)13-25-9-10-27(2,3)4)16-11-14(21)5-6-18(16)26-20(17)23;1-21-17-22(18-11-5-2-6-12-18,19-13-7-3-8-14-19)20-15-9-4-10-16-20;1-25(2,3)7-6-23-11-20-13(10-21)9-15-17(20)14-8-12(19)4-5-16(14)24-18(15)22;;/h5-8,11-12H,9-10,13H2,1-4H3;2-16H,17H2,1H3;4-5,8-10H,6-7,11H2,1-3H3;1H4;1H/q;+1;;;/p-1/b8-7+;;;;. The van der Waals surface area contributed by atoms with Gasteiger partial charge < -0.3 is 49.3 Å². The Morgan fingerprint density at radius 1 is 0.566 bits per heavy atom. The second-order valence-electron chi connectivity index (χ2n) is 20.2. The number of hydrogen-bond acceptors (Lipinski definition) is 9. The summed E-state index contributed by atoms with van der Waals surface area (Å²) in [5, 5.41) is 5.68. The first-order chi connectivity index (χ1) is 35.5. The van der Waals surface area contributed by atoms with E-state index in [0.717, 1.165) is 17.8 Å². The first-order valence-corrected chi connectivity index (χ1v) is 33.7. The second kappa shape index (κ2) is 27.1. The number of carbonyl (C=O) groups is 1. The molecule has 9 aromatic rings. The van der Waals surface area contributed by atoms with Crippen LogP contribution in [0.3, 0.4) is 0 Å². The van der Waals surface area contributed by atoms with Gasteiger partial charge in [0.25, 0.3) is 0 Å². The average Bonchev–Trinajstić information content (AvgIpc) is 3.96. The van der Waals surface area contributed by atoms with Crippen LogP contribution in [0, 0.1) is 11.6 Å². The van der Waals surface area contributed by atoms with E-state index in [-0.39, 0.29) is 50.1 Å². The maximum atomic E-state index is 13.9. The molecule has 0 spiro atoms. The molecule has 0 fully saturated rings. The second-order valence-corrected chi connectivity index (χ2v) is 34.8. The molecule has 0 amide bonds. The summed E-state index contributed by atoms with van der Waals surface area (Å²) in [5.41, 5.74) is 1.69. The first kappa shape index (κ1) is 60.6. The molecular formula is C59H68ClF2N2O9PSi2. The van der Waals surface area contributed by atoms with Crippen molar-refractivity contribution in [2.24, 2.45) is 0 Å². The molecule has 0 radical (unpaired) electrons. The molecule has 0 bridgehead atoms. The van der Waals surface area contributed by atoms with Crippen LogP contribution < -0.4 is 39.6 Å². The van der Waals surface area contributed by atoms with Gasteiger partial charge >= 0.3 is 11.3 Å². The molecule has 0 N–H and O–H groups in total. The number of halogens is 3. The number of rotatable bonds is 18. The summed E-state index contributed by atoms with van der Waals surface area (Å²) in [7, 11) is -0.875. The average molecular weight is 1110 g/mol. The van der Waals surface area contributed by atoms with E-state index in [0.29, 0.717) is 64.3 Å². The van der Waals surface area contributed by atoms with Gasteiger partial charge in [-0.05, 0) is 103 Å². The summed E-state index contributed by atoms with van der Waals surface area (Å²) in [6.45, 7) is 15.2. The van der Waals surface area contributed by atoms with Crippen molar-refractivity contribution in [1.29, 1.82) is 0 Å². The largest absolute Gasteiger partial charge is 1.00 e. The van der Waals surface area contributed by atoms with Crippen molar-refractivity contribution in [2.45, 2.75) is 72.3 Å². The van der Waals surface area contributed by atoms with Crippen molar-refractivity contribution < 1.29 is 53.8 Å². The van der Waals surface area contributed by atoms with E-state index in [9.17, 15) is 23.2 Å². The minimum atomic E-state index is -1.78. The molecule has 11 nitrogen and oxygen atoms in total. The SMILES string of the molecule is C.CO/C=C/c1cc2c(=O)oc3ccc(F)cc3c2n1COCC[Si](C)(C)C.COC[P+](c1ccccc1)(c1ccccc1)c1ccccc1.C[Si](C)(C)CCOCn1c(C=O)cc2c(=O)oc3ccc(F)cc3c21.[Cl-]. The molecule has 0 aliphatic rings. The van der Waals surface area contributed by atoms with Crippen molar-refractivity contribution in [1.82, 2.24) is 9.13 Å². The van der Waals surface area contributed by atoms with Gasteiger partial charge in [-0.1, -0.05) is 101 Å². The molecule has 76 heavy (non-hydrogen) atoms. The fourth-order valence-corrected chi connectivity index (χ4v) is 13.8. The predicted molar refractivity (Wildman–Crippen MR) is 309 cm³/mol. The van der Waals surface area contributed by atoms with Crippen LogP contribution in [0.4, 0.5) is 8.78 Å². The van der Waals surface area contributed by atoms with E-state index >= 15 is 0 Å². The van der Waals surface area contributed by atoms with Crippen molar-refractivity contribution in [3.8, 4) is 0 Å². The molecule has 402 valence electrons. The monoisotopic (exact) mass is 1110 g/mol. The van der Waals surface area contributed by atoms with Crippen molar-refractivity contribution in [2.75, 3.05) is 33.8 Å². The highest BCUT2D eigenvalue weighted by molar-refractivity contribution is 7.95. The zero-order valence-corrected chi connectivity index (χ0v) is 47.3. The fraction of sp³-hybridized carbons (Fsp3) is 0.271. The van der Waals surface area contributed by atoms with Gasteiger partial charge in [0.15, 0.2) is 12.6 Å². The lowest BCUT2D eigenvalue weighted by molar-refractivity contribution is -0.0000264. The Kier molecular flexibility index (Phi) is 21.6. The van der Waals surface area contributed by atoms with Gasteiger partial charge in [0.2, 0.25) is 0 Å². The molecule has 4 aromatic heterocycles. The van der Waals surface area contributed by atoms with E-state index < -0.39 is 40.5 Å². The van der Waals surface area contributed by atoms with Gasteiger partial charge in [-0.3, -0.25) is 4.79 Å². The molecule has 0 aliphatic heterocycles. The van der Waals surface area contributed by atoms with Crippen LogP contribution in [0.5, 0.6) is 0 Å². The number of fused-ring (bicyclic) bond motifs is 6. The van der Waals surface area contributed by atoms with Crippen LogP contribution in [0.2, 0.25) is 51.4 Å². The molecule has 4 heterocycles. The third-order valence-electron chi connectivity index (χ3n) is 12.3. The molecule has 17 heteroatoms. The van der Waals surface area contributed by atoms with Crippen LogP contribution in [-0.4, -0.2) is 65.3 Å². The third kappa shape index (κ3) is 14.6. The lowest BCUT2D eigenvalue weighted by atomic mass is 10.2. The lowest BCUT2D eigenvalue weighted by Gasteiger charge is -2.26. The molecule has 0 atom stereocenters. The Hall–Kier alpha value is -6.30. The number of aromatic nitrogens is 2. The van der Waals surface area contributed by atoms with Gasteiger partial charge in [-0.25, -0.2) is 18.4 Å². The van der Waals surface area contributed by atoms with Crippen molar-refractivity contribution >= 4 is 95.4 Å². The fourth-order valence-electron chi connectivity index (χ4n) is 8.52. The van der Waals surface area contributed by atoms with E-state index in [2.05, 4.69) is 130 Å². The predicted octanol–water partition coefficient (Wildman–Crippen LogP) is 10.1. The summed E-state index contributed by atoms with van der Waals surface area (Å²) in [5.74, 6) is -0.832. The van der Waals surface area contributed by atoms with Gasteiger partial charge in [0, 0.05) is 52.9 Å². The highest BCUT2D eigenvalue weighted by Gasteiger charge is 2.45. The smallest absolute Gasteiger partial charge is 0.345 e. The number of hydrogen-bond donors (Lipinski definition) is 0. The van der Waals surface area contributed by atoms with E-state index in [1.807, 2.05) is 4.57 Å². The Labute approximate surface area is 451 Å². The quantitative estimate of drug-likeness (QED) is 0.0206. The number of carbonyl (C=O) groups excluding carboxylic acids is 1. The summed E-state index contributed by atoms with van der Waals surface area (Å²) in [4.78, 5) is 36.0. The lowest BCUT2D eigenvalue weighted by Crippen LogP contribution is -3.00. The zero-order valence-electron chi connectivity index (χ0n) is 43.6. The van der Waals surface area contributed by atoms with Crippen LogP contribution in [0.15, 0.2) is 164 Å². The highest BCUT2D eigenvalue weighted by Crippen LogP contribution is 2.55. The molecular weight excluding hydrogens is 1040 g/mol. The summed E-state index contributed by atoms with van der Waals surface area (Å²) < 4.78 is 64.0. The Morgan fingerprint density at radius 2 is 0.961 bits per heavy atom. The Morgan fingerprint density at radius 3 is 1.33 bits per heavy atom. The van der Waals surface area contributed by atoms with E-state index in [1.165, 1.54) is 64.6 Å². The highest BCUT2D eigenvalue weighted by atomic mass is 35.5. The van der Waals surface area contributed by atoms with Gasteiger partial charge in [-0.15, -0.1) is 0 Å². The molecule has 9 rings (SSSR count). The number of ether oxygens (including phenoxy) is 4. The van der Waals surface area contributed by atoms with E-state index in [1.54, 1.807) is 30.9 Å². The summed E-state index contributed by atoms with van der Waals surface area (Å²) in [6, 6.07) is 45.5. The number of methoxy groups -OCH3 is 2. The minimum absolute atomic E-state index is 0. The molecule has 0 saturated heterocycles. The van der Waals surface area contributed by atoms with Crippen LogP contribution in [0.25, 0.3) is 49.8 Å². The molecule has 0 aliphatic carbocycles. The maximum Gasteiger partial charge on any atom is 0.345 e. The molecule has 0 saturated carbocycles.